The van der Waals surface area contributed by atoms with Gasteiger partial charge in [-0.1, -0.05) is 0 Å². The molecule has 0 aliphatic carbocycles. The molecule has 2 aliphatic heterocycles. The summed E-state index contributed by atoms with van der Waals surface area (Å²) in [6.45, 7) is 0.594. The quantitative estimate of drug-likeness (QED) is 0.783. The number of hydrogen-bond donors (Lipinski definition) is 2. The van der Waals surface area contributed by atoms with Gasteiger partial charge >= 0.3 is 0 Å². The van der Waals surface area contributed by atoms with Gasteiger partial charge in [-0.15, -0.1) is 0 Å². The second-order valence-electron chi connectivity index (χ2n) is 5.03. The summed E-state index contributed by atoms with van der Waals surface area (Å²) in [4.78, 5) is 11.4. The summed E-state index contributed by atoms with van der Waals surface area (Å²) in [6, 6.07) is 2.83. The van der Waals surface area contributed by atoms with E-state index in [9.17, 15) is 13.2 Å². The molecule has 2 aliphatic rings. The van der Waals surface area contributed by atoms with Crippen LogP contribution in [0.5, 0.6) is 5.75 Å². The Morgan fingerprint density at radius 3 is 2.86 bits per heavy atom. The fourth-order valence-electron chi connectivity index (χ4n) is 2.39. The highest BCUT2D eigenvalue weighted by molar-refractivity contribution is 9.10. The zero-order valence-corrected chi connectivity index (χ0v) is 13.4. The van der Waals surface area contributed by atoms with Crippen LogP contribution in [0.1, 0.15) is 6.42 Å². The molecule has 1 saturated heterocycles. The lowest BCUT2D eigenvalue weighted by Crippen LogP contribution is -2.32. The average molecular weight is 376 g/mol. The Balaban J connectivity index is 2.01. The molecule has 1 fully saturated rings. The Morgan fingerprint density at radius 2 is 2.19 bits per heavy atom. The molecule has 2 heterocycles. The molecule has 1 amide bonds. The minimum atomic E-state index is -3.64. The zero-order chi connectivity index (χ0) is 15.2. The molecule has 114 valence electrons. The Morgan fingerprint density at radius 1 is 1.43 bits per heavy atom. The van der Waals surface area contributed by atoms with Crippen LogP contribution in [-0.4, -0.2) is 44.4 Å². The molecule has 21 heavy (non-hydrogen) atoms. The van der Waals surface area contributed by atoms with Crippen LogP contribution in [-0.2, 0) is 14.8 Å². The van der Waals surface area contributed by atoms with Crippen LogP contribution in [0.2, 0.25) is 0 Å². The summed E-state index contributed by atoms with van der Waals surface area (Å²) >= 11 is 3.25. The summed E-state index contributed by atoms with van der Waals surface area (Å²) < 4.78 is 32.3. The third kappa shape index (κ3) is 2.66. The van der Waals surface area contributed by atoms with Crippen LogP contribution < -0.4 is 15.8 Å². The molecule has 3 N–H and O–H groups in total. The maximum Gasteiger partial charge on any atom is 0.262 e. The number of rotatable bonds is 2. The second-order valence-corrected chi connectivity index (χ2v) is 7.79. The van der Waals surface area contributed by atoms with E-state index in [0.717, 1.165) is 0 Å². The van der Waals surface area contributed by atoms with E-state index in [0.29, 0.717) is 35.4 Å². The summed E-state index contributed by atoms with van der Waals surface area (Å²) in [6.07, 6.45) is 0.647. The van der Waals surface area contributed by atoms with Gasteiger partial charge in [0.15, 0.2) is 6.61 Å². The maximum absolute atomic E-state index is 12.6. The third-order valence-electron chi connectivity index (χ3n) is 3.47. The Labute approximate surface area is 130 Å². The van der Waals surface area contributed by atoms with Gasteiger partial charge in [0.1, 0.15) is 10.6 Å². The summed E-state index contributed by atoms with van der Waals surface area (Å²) in [7, 11) is -3.64. The van der Waals surface area contributed by atoms with Crippen LogP contribution in [0, 0.1) is 0 Å². The van der Waals surface area contributed by atoms with E-state index in [4.69, 9.17) is 10.5 Å². The number of amides is 1. The lowest BCUT2D eigenvalue weighted by Gasteiger charge is -2.22. The van der Waals surface area contributed by atoms with Gasteiger partial charge in [0.2, 0.25) is 10.0 Å². The van der Waals surface area contributed by atoms with Crippen molar-refractivity contribution in [2.75, 3.05) is 25.0 Å². The normalized spacial score (nSPS) is 22.6. The second kappa shape index (κ2) is 5.24. The van der Waals surface area contributed by atoms with Crippen molar-refractivity contribution in [1.29, 1.82) is 0 Å². The standard InChI is InChI=1S/C12H14BrN3O4S/c13-8-3-9-10(20-6-12(17)15-9)4-11(8)21(18,19)16-2-1-7(14)5-16/h3-4,7H,1-2,5-6,14H2,(H,15,17)/t7-/m1/s1. The van der Waals surface area contributed by atoms with E-state index in [1.807, 2.05) is 0 Å². The molecule has 0 bridgehead atoms. The van der Waals surface area contributed by atoms with Gasteiger partial charge in [-0.2, -0.15) is 4.31 Å². The SMILES string of the molecule is N[C@@H]1CCN(S(=O)(=O)c2cc3c(cc2Br)NC(=O)CO3)C1. The number of anilines is 1. The van der Waals surface area contributed by atoms with Gasteiger partial charge in [0, 0.05) is 29.7 Å². The van der Waals surface area contributed by atoms with Crippen molar-refractivity contribution in [3.63, 3.8) is 0 Å². The number of fused-ring (bicyclic) bond motifs is 1. The Kier molecular flexibility index (Phi) is 3.68. The number of nitrogens with one attached hydrogen (secondary N) is 1. The first-order chi connectivity index (χ1) is 9.88. The van der Waals surface area contributed by atoms with Crippen LogP contribution in [0.25, 0.3) is 0 Å². The smallest absolute Gasteiger partial charge is 0.262 e. The van der Waals surface area contributed by atoms with Crippen molar-refractivity contribution < 1.29 is 17.9 Å². The van der Waals surface area contributed by atoms with Gasteiger partial charge in [-0.3, -0.25) is 4.79 Å². The predicted octanol–water partition coefficient (Wildman–Crippen LogP) is 0.502. The Hall–Kier alpha value is -1.16. The number of carbonyl (C=O) groups is 1. The van der Waals surface area contributed by atoms with Crippen molar-refractivity contribution in [2.24, 2.45) is 5.73 Å². The summed E-state index contributed by atoms with van der Waals surface area (Å²) in [5.41, 5.74) is 6.23. The fourth-order valence-corrected chi connectivity index (χ4v) is 4.92. The molecule has 1 atom stereocenters. The van der Waals surface area contributed by atoms with Gasteiger partial charge in [0.05, 0.1) is 5.69 Å². The summed E-state index contributed by atoms with van der Waals surface area (Å²) in [5, 5.41) is 2.63. The van der Waals surface area contributed by atoms with Crippen LogP contribution in [0.4, 0.5) is 5.69 Å². The fraction of sp³-hybridized carbons (Fsp3) is 0.417. The van der Waals surface area contributed by atoms with E-state index >= 15 is 0 Å². The van der Waals surface area contributed by atoms with E-state index in [1.165, 1.54) is 16.4 Å². The lowest BCUT2D eigenvalue weighted by molar-refractivity contribution is -0.118. The molecule has 0 saturated carbocycles. The molecule has 9 heteroatoms. The third-order valence-corrected chi connectivity index (χ3v) is 6.30. The highest BCUT2D eigenvalue weighted by atomic mass is 79.9. The monoisotopic (exact) mass is 375 g/mol. The van der Waals surface area contributed by atoms with E-state index < -0.39 is 10.0 Å². The van der Waals surface area contributed by atoms with E-state index in [2.05, 4.69) is 21.2 Å². The first-order valence-corrected chi connectivity index (χ1v) is 8.63. The van der Waals surface area contributed by atoms with E-state index in [1.54, 1.807) is 0 Å². The number of carbonyl (C=O) groups excluding carboxylic acids is 1. The van der Waals surface area contributed by atoms with Crippen LogP contribution >= 0.6 is 15.9 Å². The molecule has 1 aromatic carbocycles. The lowest BCUT2D eigenvalue weighted by atomic mass is 10.2. The molecule has 0 aromatic heterocycles. The first-order valence-electron chi connectivity index (χ1n) is 6.40. The largest absolute Gasteiger partial charge is 0.482 e. The van der Waals surface area contributed by atoms with E-state index in [-0.39, 0.29) is 23.5 Å². The van der Waals surface area contributed by atoms with Crippen molar-refractivity contribution in [2.45, 2.75) is 17.4 Å². The highest BCUT2D eigenvalue weighted by Gasteiger charge is 2.33. The highest BCUT2D eigenvalue weighted by Crippen LogP contribution is 2.37. The average Bonchev–Trinajstić information content (AvgIpc) is 2.85. The molecular weight excluding hydrogens is 362 g/mol. The van der Waals surface area contributed by atoms with Crippen molar-refractivity contribution in [3.05, 3.63) is 16.6 Å². The van der Waals surface area contributed by atoms with Gasteiger partial charge < -0.3 is 15.8 Å². The van der Waals surface area contributed by atoms with Gasteiger partial charge in [0.25, 0.3) is 5.91 Å². The molecular formula is C12H14BrN3O4S. The van der Waals surface area contributed by atoms with Crippen LogP contribution in [0.15, 0.2) is 21.5 Å². The number of nitrogens with zero attached hydrogens (tertiary/aromatic N) is 1. The van der Waals surface area contributed by atoms with Crippen molar-refractivity contribution >= 4 is 37.5 Å². The minimum absolute atomic E-state index is 0.117. The summed E-state index contributed by atoms with van der Waals surface area (Å²) in [5.74, 6) is 0.0791. The molecule has 7 nitrogen and oxygen atoms in total. The van der Waals surface area contributed by atoms with Crippen molar-refractivity contribution in [3.8, 4) is 5.75 Å². The number of halogens is 1. The molecule has 1 aromatic rings. The maximum atomic E-state index is 12.6. The zero-order valence-electron chi connectivity index (χ0n) is 11.0. The number of benzene rings is 1. The molecule has 3 rings (SSSR count). The van der Waals surface area contributed by atoms with Gasteiger partial charge in [-0.05, 0) is 28.4 Å². The molecule has 0 unspecified atom stereocenters. The predicted molar refractivity (Wildman–Crippen MR) is 79.6 cm³/mol. The number of sulfonamides is 1. The van der Waals surface area contributed by atoms with Gasteiger partial charge in [-0.25, -0.2) is 8.42 Å². The Bertz CT molecular complexity index is 707. The molecule has 0 radical (unpaired) electrons. The number of ether oxygens (including phenoxy) is 1. The first kappa shape index (κ1) is 14.8. The number of nitrogens with two attached hydrogens (primary N) is 1. The molecule has 0 spiro atoms. The van der Waals surface area contributed by atoms with Crippen LogP contribution in [0.3, 0.4) is 0 Å². The minimum Gasteiger partial charge on any atom is -0.482 e. The topological polar surface area (TPSA) is 102 Å². The van der Waals surface area contributed by atoms with Crippen molar-refractivity contribution in [1.82, 2.24) is 4.31 Å². The number of hydrogen-bond acceptors (Lipinski definition) is 5.